The standard InChI is InChI=1S/C11H17NO4S/c13-3-5-16-4-1-2-12-7-10-6-9(8-17-10)11(14)15/h6,8,12-13H,1-5,7H2,(H,14,15). The molecule has 1 aromatic heterocycles. The highest BCUT2D eigenvalue weighted by molar-refractivity contribution is 7.10. The molecule has 0 saturated carbocycles. The number of carboxylic acids is 1. The molecular weight excluding hydrogens is 242 g/mol. The van der Waals surface area contributed by atoms with Crippen molar-refractivity contribution in [2.45, 2.75) is 13.0 Å². The maximum absolute atomic E-state index is 10.6. The van der Waals surface area contributed by atoms with Crippen molar-refractivity contribution in [1.82, 2.24) is 5.32 Å². The van der Waals surface area contributed by atoms with E-state index in [1.807, 2.05) is 0 Å². The third-order valence-electron chi connectivity index (χ3n) is 2.08. The number of ether oxygens (including phenoxy) is 1. The van der Waals surface area contributed by atoms with Crippen molar-refractivity contribution < 1.29 is 19.7 Å². The molecule has 0 spiro atoms. The number of carboxylic acid groups (broad SMARTS) is 1. The molecule has 0 bridgehead atoms. The van der Waals surface area contributed by atoms with E-state index in [0.717, 1.165) is 17.8 Å². The van der Waals surface area contributed by atoms with Crippen molar-refractivity contribution in [3.63, 3.8) is 0 Å². The topological polar surface area (TPSA) is 78.8 Å². The van der Waals surface area contributed by atoms with E-state index in [0.29, 0.717) is 25.3 Å². The monoisotopic (exact) mass is 259 g/mol. The van der Waals surface area contributed by atoms with E-state index in [1.54, 1.807) is 11.4 Å². The van der Waals surface area contributed by atoms with Crippen LogP contribution in [0.4, 0.5) is 0 Å². The number of hydrogen-bond donors (Lipinski definition) is 3. The molecule has 1 rings (SSSR count). The van der Waals surface area contributed by atoms with Gasteiger partial charge in [0, 0.05) is 23.4 Å². The molecule has 0 atom stereocenters. The zero-order chi connectivity index (χ0) is 12.5. The van der Waals surface area contributed by atoms with Crippen LogP contribution in [0.5, 0.6) is 0 Å². The molecule has 0 fully saturated rings. The molecule has 1 heterocycles. The van der Waals surface area contributed by atoms with E-state index in [2.05, 4.69) is 5.32 Å². The number of thiophene rings is 1. The van der Waals surface area contributed by atoms with Gasteiger partial charge >= 0.3 is 5.97 Å². The van der Waals surface area contributed by atoms with E-state index in [9.17, 15) is 4.79 Å². The second-order valence-electron chi connectivity index (χ2n) is 3.47. The number of aromatic carboxylic acids is 1. The summed E-state index contributed by atoms with van der Waals surface area (Å²) in [6, 6.07) is 1.68. The predicted octanol–water partition coefficient (Wildman–Crippen LogP) is 0.935. The lowest BCUT2D eigenvalue weighted by Gasteiger charge is -2.03. The SMILES string of the molecule is O=C(O)c1csc(CNCCCOCCO)c1. The summed E-state index contributed by atoms with van der Waals surface area (Å²) in [4.78, 5) is 11.7. The first-order valence-electron chi connectivity index (χ1n) is 5.44. The lowest BCUT2D eigenvalue weighted by molar-refractivity contribution is 0.0697. The van der Waals surface area contributed by atoms with Crippen molar-refractivity contribution >= 4 is 17.3 Å². The van der Waals surface area contributed by atoms with E-state index >= 15 is 0 Å². The normalized spacial score (nSPS) is 10.6. The Morgan fingerprint density at radius 1 is 1.47 bits per heavy atom. The highest BCUT2D eigenvalue weighted by Crippen LogP contribution is 2.14. The van der Waals surface area contributed by atoms with Gasteiger partial charge in [-0.05, 0) is 19.0 Å². The Morgan fingerprint density at radius 3 is 2.94 bits per heavy atom. The van der Waals surface area contributed by atoms with Crippen LogP contribution in [-0.2, 0) is 11.3 Å². The zero-order valence-electron chi connectivity index (χ0n) is 9.52. The molecular formula is C11H17NO4S. The molecule has 17 heavy (non-hydrogen) atoms. The quantitative estimate of drug-likeness (QED) is 0.575. The Hall–Kier alpha value is -0.950. The minimum Gasteiger partial charge on any atom is -0.478 e. The highest BCUT2D eigenvalue weighted by atomic mass is 32.1. The van der Waals surface area contributed by atoms with E-state index in [4.69, 9.17) is 14.9 Å². The summed E-state index contributed by atoms with van der Waals surface area (Å²) in [5.74, 6) is -0.884. The van der Waals surface area contributed by atoms with Crippen LogP contribution in [0.1, 0.15) is 21.7 Å². The van der Waals surface area contributed by atoms with Gasteiger partial charge in [0.05, 0.1) is 18.8 Å². The number of carbonyl (C=O) groups is 1. The zero-order valence-corrected chi connectivity index (χ0v) is 10.3. The molecule has 0 radical (unpaired) electrons. The lowest BCUT2D eigenvalue weighted by atomic mass is 10.3. The van der Waals surface area contributed by atoms with E-state index in [1.165, 1.54) is 11.3 Å². The Balaban J connectivity index is 2.07. The number of aliphatic hydroxyl groups excluding tert-OH is 1. The van der Waals surface area contributed by atoms with Crippen LogP contribution in [0.3, 0.4) is 0 Å². The van der Waals surface area contributed by atoms with Gasteiger partial charge in [0.15, 0.2) is 0 Å². The van der Waals surface area contributed by atoms with Crippen molar-refractivity contribution in [3.8, 4) is 0 Å². The van der Waals surface area contributed by atoms with Crippen molar-refractivity contribution in [2.75, 3.05) is 26.4 Å². The third-order valence-corrected chi connectivity index (χ3v) is 3.01. The van der Waals surface area contributed by atoms with Crippen LogP contribution in [0.2, 0.25) is 0 Å². The van der Waals surface area contributed by atoms with Crippen LogP contribution in [-0.4, -0.2) is 42.5 Å². The number of aliphatic hydroxyl groups is 1. The summed E-state index contributed by atoms with van der Waals surface area (Å²) in [5, 5.41) is 22.1. The van der Waals surface area contributed by atoms with Gasteiger partial charge in [0.2, 0.25) is 0 Å². The first kappa shape index (κ1) is 14.1. The predicted molar refractivity (Wildman–Crippen MR) is 65.5 cm³/mol. The Kier molecular flexibility index (Phi) is 6.80. The van der Waals surface area contributed by atoms with Gasteiger partial charge < -0.3 is 20.3 Å². The maximum atomic E-state index is 10.6. The first-order valence-corrected chi connectivity index (χ1v) is 6.32. The molecule has 0 unspecified atom stereocenters. The molecule has 3 N–H and O–H groups in total. The molecule has 0 aliphatic heterocycles. The summed E-state index contributed by atoms with van der Waals surface area (Å²) in [5.41, 5.74) is 0.345. The van der Waals surface area contributed by atoms with Crippen molar-refractivity contribution in [3.05, 3.63) is 21.9 Å². The molecule has 0 aliphatic carbocycles. The summed E-state index contributed by atoms with van der Waals surface area (Å²) < 4.78 is 5.11. The number of hydrogen-bond acceptors (Lipinski definition) is 5. The van der Waals surface area contributed by atoms with Gasteiger partial charge in [-0.2, -0.15) is 0 Å². The van der Waals surface area contributed by atoms with Crippen LogP contribution in [0.25, 0.3) is 0 Å². The van der Waals surface area contributed by atoms with E-state index in [-0.39, 0.29) is 6.61 Å². The fourth-order valence-electron chi connectivity index (χ4n) is 1.26. The molecule has 0 amide bonds. The highest BCUT2D eigenvalue weighted by Gasteiger charge is 2.05. The van der Waals surface area contributed by atoms with Crippen molar-refractivity contribution in [1.29, 1.82) is 0 Å². The Morgan fingerprint density at radius 2 is 2.29 bits per heavy atom. The van der Waals surface area contributed by atoms with Crippen LogP contribution >= 0.6 is 11.3 Å². The van der Waals surface area contributed by atoms with E-state index < -0.39 is 5.97 Å². The molecule has 1 aromatic rings. The summed E-state index contributed by atoms with van der Waals surface area (Å²) >= 11 is 1.44. The first-order chi connectivity index (χ1) is 8.24. The molecule has 6 heteroatoms. The lowest BCUT2D eigenvalue weighted by Crippen LogP contribution is -2.16. The Labute approximate surface area is 104 Å². The summed E-state index contributed by atoms with van der Waals surface area (Å²) in [6.45, 7) is 2.55. The van der Waals surface area contributed by atoms with Gasteiger partial charge in [-0.15, -0.1) is 11.3 Å². The number of nitrogens with one attached hydrogen (secondary N) is 1. The minimum atomic E-state index is -0.884. The van der Waals surface area contributed by atoms with Crippen LogP contribution in [0, 0.1) is 0 Å². The maximum Gasteiger partial charge on any atom is 0.336 e. The van der Waals surface area contributed by atoms with Crippen molar-refractivity contribution in [2.24, 2.45) is 0 Å². The smallest absolute Gasteiger partial charge is 0.336 e. The average molecular weight is 259 g/mol. The molecule has 96 valence electrons. The van der Waals surface area contributed by atoms with Gasteiger partial charge in [-0.25, -0.2) is 4.79 Å². The average Bonchev–Trinajstić information content (AvgIpc) is 2.77. The number of rotatable bonds is 9. The largest absolute Gasteiger partial charge is 0.478 e. The summed E-state index contributed by atoms with van der Waals surface area (Å²) in [6.07, 6.45) is 0.872. The fraction of sp³-hybridized carbons (Fsp3) is 0.545. The van der Waals surface area contributed by atoms with Gasteiger partial charge in [0.25, 0.3) is 0 Å². The minimum absolute atomic E-state index is 0.0561. The second-order valence-corrected chi connectivity index (χ2v) is 4.47. The second kappa shape index (κ2) is 8.19. The van der Waals surface area contributed by atoms with Crippen LogP contribution in [0.15, 0.2) is 11.4 Å². The fourth-order valence-corrected chi connectivity index (χ4v) is 2.09. The van der Waals surface area contributed by atoms with Gasteiger partial charge in [0.1, 0.15) is 0 Å². The Bertz CT molecular complexity index is 340. The molecule has 0 aliphatic rings. The van der Waals surface area contributed by atoms with Crippen LogP contribution < -0.4 is 5.32 Å². The third kappa shape index (κ3) is 5.78. The van der Waals surface area contributed by atoms with Gasteiger partial charge in [-0.3, -0.25) is 0 Å². The molecule has 5 nitrogen and oxygen atoms in total. The summed E-state index contributed by atoms with van der Waals surface area (Å²) in [7, 11) is 0. The molecule has 0 aromatic carbocycles. The van der Waals surface area contributed by atoms with Gasteiger partial charge in [-0.1, -0.05) is 0 Å². The molecule has 0 saturated heterocycles.